The van der Waals surface area contributed by atoms with Gasteiger partial charge in [-0.15, -0.1) is 0 Å². The van der Waals surface area contributed by atoms with Crippen LogP contribution in [0.15, 0.2) is 0 Å². The highest BCUT2D eigenvalue weighted by atomic mass is 19.1. The van der Waals surface area contributed by atoms with Gasteiger partial charge in [0.2, 0.25) is 0 Å². The molecular weight excluding hydrogens is 167 g/mol. The van der Waals surface area contributed by atoms with Crippen LogP contribution < -0.4 is 0 Å². The zero-order valence-corrected chi connectivity index (χ0v) is 8.39. The maximum Gasteiger partial charge on any atom is 0.135 e. The molecule has 0 spiro atoms. The summed E-state index contributed by atoms with van der Waals surface area (Å²) in [5, 5.41) is 0. The van der Waals surface area contributed by atoms with Crippen molar-refractivity contribution in [3.63, 3.8) is 0 Å². The van der Waals surface area contributed by atoms with Crippen molar-refractivity contribution in [1.82, 2.24) is 0 Å². The predicted molar refractivity (Wildman–Crippen MR) is 51.3 cm³/mol. The number of alkyl halides is 1. The predicted octanol–water partition coefficient (Wildman–Crippen LogP) is 3.13. The van der Waals surface area contributed by atoms with Crippen LogP contribution >= 0.6 is 0 Å². The topological polar surface area (TPSA) is 17.1 Å². The van der Waals surface area contributed by atoms with Gasteiger partial charge in [0.15, 0.2) is 0 Å². The zero-order chi connectivity index (χ0) is 9.68. The van der Waals surface area contributed by atoms with Crippen molar-refractivity contribution in [2.75, 3.05) is 6.67 Å². The van der Waals surface area contributed by atoms with Gasteiger partial charge in [-0.3, -0.25) is 9.18 Å². The van der Waals surface area contributed by atoms with Gasteiger partial charge in [0.1, 0.15) is 5.78 Å². The van der Waals surface area contributed by atoms with Crippen LogP contribution in [0.5, 0.6) is 0 Å². The van der Waals surface area contributed by atoms with Gasteiger partial charge in [0.25, 0.3) is 0 Å². The van der Waals surface area contributed by atoms with Crippen molar-refractivity contribution < 1.29 is 9.18 Å². The van der Waals surface area contributed by atoms with E-state index in [0.29, 0.717) is 18.1 Å². The van der Waals surface area contributed by atoms with Gasteiger partial charge in [-0.2, -0.15) is 0 Å². The van der Waals surface area contributed by atoms with E-state index in [0.717, 1.165) is 25.7 Å². The van der Waals surface area contributed by atoms with Gasteiger partial charge in [0.05, 0.1) is 6.67 Å². The maximum absolute atomic E-state index is 11.9. The normalized spacial score (nSPS) is 29.2. The molecule has 0 aromatic heterocycles. The quantitative estimate of drug-likeness (QED) is 0.659. The van der Waals surface area contributed by atoms with Crippen molar-refractivity contribution in [3.05, 3.63) is 0 Å². The summed E-state index contributed by atoms with van der Waals surface area (Å²) in [4.78, 5) is 11.4. The number of ketones is 1. The van der Waals surface area contributed by atoms with Crippen LogP contribution in [-0.4, -0.2) is 12.5 Å². The summed E-state index contributed by atoms with van der Waals surface area (Å²) in [7, 11) is 0. The molecule has 1 rings (SSSR count). The molecule has 0 amide bonds. The van der Waals surface area contributed by atoms with Gasteiger partial charge in [-0.05, 0) is 31.6 Å². The molecule has 2 atom stereocenters. The van der Waals surface area contributed by atoms with E-state index in [9.17, 15) is 9.18 Å². The van der Waals surface area contributed by atoms with Gasteiger partial charge < -0.3 is 0 Å². The number of rotatable bonds is 4. The Morgan fingerprint density at radius 1 is 1.54 bits per heavy atom. The van der Waals surface area contributed by atoms with Gasteiger partial charge in [-0.1, -0.05) is 13.3 Å². The second-order valence-electron chi connectivity index (χ2n) is 4.04. The lowest BCUT2D eigenvalue weighted by molar-refractivity contribution is -0.125. The third-order valence-electron chi connectivity index (χ3n) is 3.14. The number of carbonyl (C=O) groups excluding carboxylic acids is 1. The van der Waals surface area contributed by atoms with Gasteiger partial charge in [-0.25, -0.2) is 0 Å². The monoisotopic (exact) mass is 186 g/mol. The maximum atomic E-state index is 11.9. The van der Waals surface area contributed by atoms with Crippen LogP contribution in [0.2, 0.25) is 0 Å². The molecule has 1 aliphatic carbocycles. The number of hydrogen-bond acceptors (Lipinski definition) is 1. The SMILES string of the molecule is CCC1CCC(=O)C(CCCF)C1. The Balaban J connectivity index is 2.36. The standard InChI is InChI=1S/C11H19FO/c1-2-9-5-6-11(13)10(8-9)4-3-7-12/h9-10H,2-8H2,1H3. The summed E-state index contributed by atoms with van der Waals surface area (Å²) in [5.41, 5.74) is 0. The van der Waals surface area contributed by atoms with E-state index in [2.05, 4.69) is 6.92 Å². The van der Waals surface area contributed by atoms with Crippen molar-refractivity contribution >= 4 is 5.78 Å². The molecule has 0 aromatic rings. The molecule has 1 fully saturated rings. The molecule has 1 saturated carbocycles. The Morgan fingerprint density at radius 3 is 2.92 bits per heavy atom. The van der Waals surface area contributed by atoms with Crippen LogP contribution in [0.25, 0.3) is 0 Å². The van der Waals surface area contributed by atoms with E-state index in [-0.39, 0.29) is 12.6 Å². The van der Waals surface area contributed by atoms with E-state index < -0.39 is 0 Å². The van der Waals surface area contributed by atoms with E-state index in [1.165, 1.54) is 6.42 Å². The van der Waals surface area contributed by atoms with E-state index in [1.807, 2.05) is 0 Å². The second-order valence-corrected chi connectivity index (χ2v) is 4.04. The second kappa shape index (κ2) is 5.36. The average Bonchev–Trinajstić information content (AvgIpc) is 2.17. The van der Waals surface area contributed by atoms with Crippen LogP contribution in [0.1, 0.15) is 45.4 Å². The lowest BCUT2D eigenvalue weighted by Gasteiger charge is -2.26. The molecule has 0 heterocycles. The molecule has 0 radical (unpaired) electrons. The molecule has 0 bridgehead atoms. The van der Waals surface area contributed by atoms with Crippen LogP contribution in [0.4, 0.5) is 4.39 Å². The summed E-state index contributed by atoms with van der Waals surface area (Å²) in [5.74, 6) is 1.26. The van der Waals surface area contributed by atoms with Crippen molar-refractivity contribution in [2.45, 2.75) is 45.4 Å². The average molecular weight is 186 g/mol. The van der Waals surface area contributed by atoms with Crippen LogP contribution in [-0.2, 0) is 4.79 Å². The molecular formula is C11H19FO. The highest BCUT2D eigenvalue weighted by Crippen LogP contribution is 2.31. The first kappa shape index (κ1) is 10.7. The van der Waals surface area contributed by atoms with E-state index in [1.54, 1.807) is 0 Å². The Hall–Kier alpha value is -0.400. The summed E-state index contributed by atoms with van der Waals surface area (Å²) >= 11 is 0. The largest absolute Gasteiger partial charge is 0.299 e. The highest BCUT2D eigenvalue weighted by molar-refractivity contribution is 5.81. The number of halogens is 1. The first-order valence-electron chi connectivity index (χ1n) is 5.36. The molecule has 0 saturated heterocycles. The Bertz CT molecular complexity index is 167. The third kappa shape index (κ3) is 3.09. The fourth-order valence-corrected chi connectivity index (χ4v) is 2.18. The minimum atomic E-state index is -0.277. The lowest BCUT2D eigenvalue weighted by Crippen LogP contribution is -2.24. The smallest absolute Gasteiger partial charge is 0.135 e. The van der Waals surface area contributed by atoms with Gasteiger partial charge in [0, 0.05) is 12.3 Å². The van der Waals surface area contributed by atoms with E-state index >= 15 is 0 Å². The minimum absolute atomic E-state index is 0.175. The summed E-state index contributed by atoms with van der Waals surface area (Å²) < 4.78 is 11.9. The molecule has 2 heteroatoms. The van der Waals surface area contributed by atoms with E-state index in [4.69, 9.17) is 0 Å². The molecule has 0 aliphatic heterocycles. The molecule has 76 valence electrons. The van der Waals surface area contributed by atoms with Crippen molar-refractivity contribution in [3.8, 4) is 0 Å². The Kier molecular flexibility index (Phi) is 4.40. The summed E-state index contributed by atoms with van der Waals surface area (Å²) in [6.07, 6.45) is 5.30. The number of Topliss-reactive ketones (excluding diaryl/α,β-unsaturated/α-hetero) is 1. The molecule has 2 unspecified atom stereocenters. The first-order valence-corrected chi connectivity index (χ1v) is 5.36. The van der Waals surface area contributed by atoms with Crippen molar-refractivity contribution in [2.24, 2.45) is 11.8 Å². The molecule has 1 aliphatic rings. The third-order valence-corrected chi connectivity index (χ3v) is 3.14. The fraction of sp³-hybridized carbons (Fsp3) is 0.909. The van der Waals surface area contributed by atoms with Crippen LogP contribution in [0.3, 0.4) is 0 Å². The highest BCUT2D eigenvalue weighted by Gasteiger charge is 2.26. The minimum Gasteiger partial charge on any atom is -0.299 e. The lowest BCUT2D eigenvalue weighted by atomic mass is 9.77. The Morgan fingerprint density at radius 2 is 2.31 bits per heavy atom. The molecule has 1 nitrogen and oxygen atoms in total. The van der Waals surface area contributed by atoms with Crippen LogP contribution in [0, 0.1) is 11.8 Å². The Labute approximate surface area is 79.7 Å². The summed E-state index contributed by atoms with van der Waals surface area (Å²) in [6.45, 7) is 1.90. The van der Waals surface area contributed by atoms with Gasteiger partial charge >= 0.3 is 0 Å². The summed E-state index contributed by atoms with van der Waals surface area (Å²) in [6, 6.07) is 0. The van der Waals surface area contributed by atoms with Crippen molar-refractivity contribution in [1.29, 1.82) is 0 Å². The molecule has 13 heavy (non-hydrogen) atoms. The number of carbonyl (C=O) groups is 1. The molecule has 0 N–H and O–H groups in total. The zero-order valence-electron chi connectivity index (χ0n) is 8.39. The first-order chi connectivity index (χ1) is 6.27. The number of hydrogen-bond donors (Lipinski definition) is 0. The molecule has 0 aromatic carbocycles. The fourth-order valence-electron chi connectivity index (χ4n) is 2.18.